The highest BCUT2D eigenvalue weighted by Gasteiger charge is 2.20. The average molecular weight is 266 g/mol. The molecule has 0 atom stereocenters. The Kier molecular flexibility index (Phi) is 6.56. The molecule has 0 aliphatic rings. The second kappa shape index (κ2) is 7.94. The van der Waals surface area contributed by atoms with Crippen molar-refractivity contribution in [3.8, 4) is 0 Å². The van der Waals surface area contributed by atoms with Gasteiger partial charge < -0.3 is 15.3 Å². The Labute approximate surface area is 116 Å². The van der Waals surface area contributed by atoms with Crippen molar-refractivity contribution in [3.63, 3.8) is 0 Å². The maximum absolute atomic E-state index is 9.33. The number of anilines is 2. The molecule has 1 aromatic heterocycles. The maximum atomic E-state index is 9.33. The highest BCUT2D eigenvalue weighted by atomic mass is 16.3. The lowest BCUT2D eigenvalue weighted by molar-refractivity contribution is 0.295. The monoisotopic (exact) mass is 266 g/mol. The smallest absolute Gasteiger partial charge is 0.137 e. The molecule has 0 unspecified atom stereocenters. The standard InChI is InChI=1S/C14H26N4O/c1-5-11(6-2)18(8-9-19)14-12(7-3)13(15-4)16-10-17-14/h10-11,19H,5-9H2,1-4H3,(H,15,16,17). The lowest BCUT2D eigenvalue weighted by Crippen LogP contribution is -2.38. The Balaban J connectivity index is 3.21. The van der Waals surface area contributed by atoms with Crippen LogP contribution in [0.4, 0.5) is 11.6 Å². The third kappa shape index (κ3) is 3.56. The molecule has 1 aromatic rings. The van der Waals surface area contributed by atoms with Gasteiger partial charge in [0.1, 0.15) is 18.0 Å². The Morgan fingerprint density at radius 2 is 1.95 bits per heavy atom. The molecule has 0 aliphatic heterocycles. The van der Waals surface area contributed by atoms with Crippen LogP contribution in [-0.4, -0.2) is 41.3 Å². The van der Waals surface area contributed by atoms with E-state index in [0.29, 0.717) is 12.6 Å². The molecule has 5 nitrogen and oxygen atoms in total. The molecule has 2 N–H and O–H groups in total. The summed E-state index contributed by atoms with van der Waals surface area (Å²) in [7, 11) is 1.87. The summed E-state index contributed by atoms with van der Waals surface area (Å²) in [4.78, 5) is 10.9. The zero-order chi connectivity index (χ0) is 14.3. The summed E-state index contributed by atoms with van der Waals surface area (Å²) in [6.07, 6.45) is 4.54. The van der Waals surface area contributed by atoms with Gasteiger partial charge in [-0.25, -0.2) is 9.97 Å². The van der Waals surface area contributed by atoms with Gasteiger partial charge in [0, 0.05) is 25.2 Å². The molecule has 0 fully saturated rings. The second-order valence-electron chi connectivity index (χ2n) is 4.52. The number of nitrogens with zero attached hydrogens (tertiary/aromatic N) is 3. The summed E-state index contributed by atoms with van der Waals surface area (Å²) in [5, 5.41) is 12.4. The molecule has 1 heterocycles. The van der Waals surface area contributed by atoms with Gasteiger partial charge in [0.2, 0.25) is 0 Å². The van der Waals surface area contributed by atoms with Crippen molar-refractivity contribution in [2.45, 2.75) is 46.1 Å². The molecular weight excluding hydrogens is 240 g/mol. The van der Waals surface area contributed by atoms with Crippen LogP contribution in [0, 0.1) is 0 Å². The Bertz CT molecular complexity index is 380. The van der Waals surface area contributed by atoms with Gasteiger partial charge in [0.05, 0.1) is 6.61 Å². The minimum Gasteiger partial charge on any atom is -0.395 e. The minimum absolute atomic E-state index is 0.137. The zero-order valence-corrected chi connectivity index (χ0v) is 12.5. The molecule has 0 bridgehead atoms. The number of rotatable bonds is 8. The molecule has 1 rings (SSSR count). The van der Waals surface area contributed by atoms with Crippen LogP contribution in [0.25, 0.3) is 0 Å². The van der Waals surface area contributed by atoms with Crippen LogP contribution >= 0.6 is 0 Å². The molecule has 0 aliphatic carbocycles. The molecular formula is C14H26N4O. The summed E-state index contributed by atoms with van der Waals surface area (Å²) in [6.45, 7) is 7.19. The van der Waals surface area contributed by atoms with Crippen molar-refractivity contribution in [1.29, 1.82) is 0 Å². The summed E-state index contributed by atoms with van der Waals surface area (Å²) >= 11 is 0. The number of hydrogen-bond donors (Lipinski definition) is 2. The predicted octanol–water partition coefficient (Wildman–Crippen LogP) is 2.07. The van der Waals surface area contributed by atoms with E-state index >= 15 is 0 Å². The first-order valence-corrected chi connectivity index (χ1v) is 7.12. The van der Waals surface area contributed by atoms with Crippen LogP contribution in [0.1, 0.15) is 39.2 Å². The van der Waals surface area contributed by atoms with Crippen molar-refractivity contribution >= 4 is 11.6 Å². The van der Waals surface area contributed by atoms with Crippen molar-refractivity contribution in [2.75, 3.05) is 30.4 Å². The van der Waals surface area contributed by atoms with Crippen LogP contribution in [0.3, 0.4) is 0 Å². The van der Waals surface area contributed by atoms with Crippen molar-refractivity contribution in [3.05, 3.63) is 11.9 Å². The van der Waals surface area contributed by atoms with Gasteiger partial charge in [0.15, 0.2) is 0 Å². The van der Waals surface area contributed by atoms with Crippen molar-refractivity contribution in [2.24, 2.45) is 0 Å². The molecule has 0 saturated heterocycles. The molecule has 0 amide bonds. The number of aliphatic hydroxyl groups is 1. The van der Waals surface area contributed by atoms with Crippen molar-refractivity contribution < 1.29 is 5.11 Å². The second-order valence-corrected chi connectivity index (χ2v) is 4.52. The quantitative estimate of drug-likeness (QED) is 0.754. The van der Waals surface area contributed by atoms with E-state index in [-0.39, 0.29) is 6.61 Å². The number of hydrogen-bond acceptors (Lipinski definition) is 5. The molecule has 0 saturated carbocycles. The van der Waals surface area contributed by atoms with E-state index in [1.165, 1.54) is 0 Å². The Morgan fingerprint density at radius 1 is 1.26 bits per heavy atom. The fraction of sp³-hybridized carbons (Fsp3) is 0.714. The van der Waals surface area contributed by atoms with E-state index in [1.54, 1.807) is 6.33 Å². The molecule has 0 radical (unpaired) electrons. The Morgan fingerprint density at radius 3 is 2.42 bits per heavy atom. The summed E-state index contributed by atoms with van der Waals surface area (Å²) < 4.78 is 0. The third-order valence-corrected chi connectivity index (χ3v) is 3.51. The van der Waals surface area contributed by atoms with E-state index in [2.05, 4.69) is 41.0 Å². The van der Waals surface area contributed by atoms with Gasteiger partial charge in [0.25, 0.3) is 0 Å². The van der Waals surface area contributed by atoms with Crippen LogP contribution in [-0.2, 0) is 6.42 Å². The van der Waals surface area contributed by atoms with Crippen LogP contribution in [0.5, 0.6) is 0 Å². The van der Waals surface area contributed by atoms with E-state index in [1.807, 2.05) is 7.05 Å². The highest BCUT2D eigenvalue weighted by molar-refractivity contribution is 5.59. The number of aromatic nitrogens is 2. The summed E-state index contributed by atoms with van der Waals surface area (Å²) in [5.41, 5.74) is 1.12. The predicted molar refractivity (Wildman–Crippen MR) is 79.8 cm³/mol. The van der Waals surface area contributed by atoms with Gasteiger partial charge >= 0.3 is 0 Å². The molecule has 5 heteroatoms. The van der Waals surface area contributed by atoms with Crippen LogP contribution in [0.15, 0.2) is 6.33 Å². The van der Waals surface area contributed by atoms with E-state index < -0.39 is 0 Å². The third-order valence-electron chi connectivity index (χ3n) is 3.51. The van der Waals surface area contributed by atoms with Crippen LogP contribution in [0.2, 0.25) is 0 Å². The van der Waals surface area contributed by atoms with Gasteiger partial charge in [-0.2, -0.15) is 0 Å². The first-order valence-electron chi connectivity index (χ1n) is 7.12. The lowest BCUT2D eigenvalue weighted by atomic mass is 10.1. The average Bonchev–Trinajstić information content (AvgIpc) is 2.46. The molecule has 19 heavy (non-hydrogen) atoms. The highest BCUT2D eigenvalue weighted by Crippen LogP contribution is 2.26. The molecule has 0 aromatic carbocycles. The topological polar surface area (TPSA) is 61.3 Å². The largest absolute Gasteiger partial charge is 0.395 e. The number of aliphatic hydroxyl groups excluding tert-OH is 1. The number of nitrogens with one attached hydrogen (secondary N) is 1. The van der Waals surface area contributed by atoms with Gasteiger partial charge in [-0.15, -0.1) is 0 Å². The summed E-state index contributed by atoms with van der Waals surface area (Å²) in [6, 6.07) is 0.400. The van der Waals surface area contributed by atoms with Crippen LogP contribution < -0.4 is 10.2 Å². The Hall–Kier alpha value is -1.36. The molecule has 108 valence electrons. The van der Waals surface area contributed by atoms with Gasteiger partial charge in [-0.3, -0.25) is 0 Å². The fourth-order valence-corrected chi connectivity index (χ4v) is 2.49. The van der Waals surface area contributed by atoms with E-state index in [4.69, 9.17) is 0 Å². The first-order chi connectivity index (χ1) is 9.23. The van der Waals surface area contributed by atoms with E-state index in [9.17, 15) is 5.11 Å². The van der Waals surface area contributed by atoms with E-state index in [0.717, 1.165) is 36.5 Å². The maximum Gasteiger partial charge on any atom is 0.137 e. The van der Waals surface area contributed by atoms with Gasteiger partial charge in [-0.05, 0) is 19.3 Å². The summed E-state index contributed by atoms with van der Waals surface area (Å²) in [5.74, 6) is 1.82. The molecule has 0 spiro atoms. The fourth-order valence-electron chi connectivity index (χ4n) is 2.49. The first kappa shape index (κ1) is 15.7. The van der Waals surface area contributed by atoms with Gasteiger partial charge in [-0.1, -0.05) is 20.8 Å². The zero-order valence-electron chi connectivity index (χ0n) is 12.5. The van der Waals surface area contributed by atoms with Crippen molar-refractivity contribution in [1.82, 2.24) is 9.97 Å². The normalized spacial score (nSPS) is 10.8. The minimum atomic E-state index is 0.137. The lowest BCUT2D eigenvalue weighted by Gasteiger charge is -2.32. The SMILES string of the molecule is CCc1c(NC)ncnc1N(CCO)C(CC)CC.